The molecule has 0 aliphatic rings. The van der Waals surface area contributed by atoms with Crippen molar-refractivity contribution in [2.75, 3.05) is 5.32 Å². The van der Waals surface area contributed by atoms with Gasteiger partial charge in [-0.3, -0.25) is 4.79 Å². The Morgan fingerprint density at radius 2 is 1.49 bits per heavy atom. The van der Waals surface area contributed by atoms with Crippen LogP contribution < -0.4 is 10.0 Å². The van der Waals surface area contributed by atoms with Gasteiger partial charge < -0.3 is 10.5 Å². The third-order valence-corrected chi connectivity index (χ3v) is 5.69. The Morgan fingerprint density at radius 1 is 0.886 bits per heavy atom. The van der Waals surface area contributed by atoms with Crippen molar-refractivity contribution < 1.29 is 53.4 Å². The molecule has 0 radical (unpaired) electrons. The second-order valence-electron chi connectivity index (χ2n) is 7.09. The summed E-state index contributed by atoms with van der Waals surface area (Å²) in [6.45, 7) is 0. The highest BCUT2D eigenvalue weighted by Gasteiger charge is 2.73. The molecule has 3 aromatic rings. The average Bonchev–Trinajstić information content (AvgIpc) is 2.72. The van der Waals surface area contributed by atoms with Gasteiger partial charge in [0.25, 0.3) is 5.91 Å². The van der Waals surface area contributed by atoms with Gasteiger partial charge >= 0.3 is 24.2 Å². The molecule has 0 bridgehead atoms. The zero-order chi connectivity index (χ0) is 26.6. The fraction of sp³-hybridized carbons (Fsp3) is 0.200. The van der Waals surface area contributed by atoms with E-state index in [4.69, 9.17) is 0 Å². The third-order valence-electron chi connectivity index (χ3n) is 4.84. The molecule has 1 amide bonds. The summed E-state index contributed by atoms with van der Waals surface area (Å²) in [7, 11) is 0. The maximum atomic E-state index is 14.4. The van der Waals surface area contributed by atoms with Gasteiger partial charge in [-0.2, -0.15) is 44.2 Å². The highest BCUT2D eigenvalue weighted by molar-refractivity contribution is 14.1. The van der Waals surface area contributed by atoms with Gasteiger partial charge in [0.1, 0.15) is 0 Å². The maximum Gasteiger partial charge on any atom is 0.435 e. The van der Waals surface area contributed by atoms with Crippen LogP contribution in [0.15, 0.2) is 48.7 Å². The lowest BCUT2D eigenvalue weighted by atomic mass is 9.92. The number of carbonyl (C=O) groups excluding carboxylic acids is 1. The van der Waals surface area contributed by atoms with Gasteiger partial charge in [0.2, 0.25) is 5.52 Å². The summed E-state index contributed by atoms with van der Waals surface area (Å²) in [5.41, 5.74) is -12.2. The molecule has 35 heavy (non-hydrogen) atoms. The van der Waals surface area contributed by atoms with Crippen molar-refractivity contribution >= 4 is 45.1 Å². The number of halogens is 11. The molecule has 0 unspecified atom stereocenters. The first-order chi connectivity index (χ1) is 15.9. The predicted molar refractivity (Wildman–Crippen MR) is 110 cm³/mol. The van der Waals surface area contributed by atoms with E-state index in [-0.39, 0.29) is 17.1 Å². The van der Waals surface area contributed by atoms with Crippen LogP contribution in [-0.4, -0.2) is 18.3 Å². The topological polar surface area (TPSA) is 56.0 Å². The zero-order valence-electron chi connectivity index (χ0n) is 16.5. The van der Waals surface area contributed by atoms with Crippen LogP contribution in [0.4, 0.5) is 49.6 Å². The van der Waals surface area contributed by atoms with E-state index in [2.05, 4.69) is 0 Å². The van der Waals surface area contributed by atoms with E-state index >= 15 is 0 Å². The standard InChI is InChI=1S/C20H9F10IN2O2/c21-17(19(25,26)27,20(28,29)30)11-7-12(18(22,23)24)15(13(31)8-11)32-16(34)10-4-3-9-2-1-5-33(35)14(9)6-10/h1-8H,(H,32,34). The van der Waals surface area contributed by atoms with Crippen molar-refractivity contribution in [1.82, 2.24) is 0 Å². The SMILES string of the molecule is O=C(Nc1c(I)cc(C(F)(C(F)(F)F)C(F)(F)F)cc1C(F)(F)F)c1ccc2ccc[n+]([O-])c2c1. The first kappa shape index (κ1) is 26.7. The van der Waals surface area contributed by atoms with Gasteiger partial charge in [-0.1, -0.05) is 0 Å². The van der Waals surface area contributed by atoms with Crippen molar-refractivity contribution in [3.8, 4) is 0 Å². The van der Waals surface area contributed by atoms with Gasteiger partial charge in [0.15, 0.2) is 6.20 Å². The number of alkyl halides is 10. The average molecular weight is 626 g/mol. The summed E-state index contributed by atoms with van der Waals surface area (Å²) >= 11 is 0.950. The van der Waals surface area contributed by atoms with E-state index in [1.165, 1.54) is 18.2 Å². The normalized spacial score (nSPS) is 13.2. The molecule has 1 N–H and O–H groups in total. The molecule has 1 heterocycles. The third kappa shape index (κ3) is 4.81. The monoisotopic (exact) mass is 626 g/mol. The summed E-state index contributed by atoms with van der Waals surface area (Å²) in [4.78, 5) is 12.6. The summed E-state index contributed by atoms with van der Waals surface area (Å²) in [5, 5.41) is 14.0. The molecule has 0 saturated heterocycles. The van der Waals surface area contributed by atoms with Crippen molar-refractivity contribution in [2.24, 2.45) is 0 Å². The Morgan fingerprint density at radius 3 is 2.03 bits per heavy atom. The number of aromatic nitrogens is 1. The second kappa shape index (κ2) is 8.67. The lowest BCUT2D eigenvalue weighted by Crippen LogP contribution is -2.50. The highest BCUT2D eigenvalue weighted by atomic mass is 127. The zero-order valence-corrected chi connectivity index (χ0v) is 18.7. The number of pyridine rings is 1. The molecule has 2 aromatic carbocycles. The first-order valence-electron chi connectivity index (χ1n) is 9.05. The van der Waals surface area contributed by atoms with Crippen LogP contribution in [0.2, 0.25) is 0 Å². The van der Waals surface area contributed by atoms with Crippen molar-refractivity contribution in [1.29, 1.82) is 0 Å². The van der Waals surface area contributed by atoms with Gasteiger partial charge in [0, 0.05) is 32.2 Å². The van der Waals surface area contributed by atoms with Crippen molar-refractivity contribution in [3.05, 3.63) is 74.1 Å². The minimum absolute atomic E-state index is 0.0428. The smallest absolute Gasteiger partial charge is 0.435 e. The first-order valence-corrected chi connectivity index (χ1v) is 10.1. The highest BCUT2D eigenvalue weighted by Crippen LogP contribution is 2.54. The molecule has 4 nitrogen and oxygen atoms in total. The van der Waals surface area contributed by atoms with Crippen LogP contribution in [0.3, 0.4) is 0 Å². The van der Waals surface area contributed by atoms with Gasteiger partial charge in [0.05, 0.1) is 11.3 Å². The Balaban J connectivity index is 2.15. The Kier molecular flexibility index (Phi) is 6.63. The minimum atomic E-state index is -6.64. The number of amides is 1. The number of nitrogens with zero attached hydrogens (tertiary/aromatic N) is 1. The number of benzene rings is 2. The van der Waals surface area contributed by atoms with Crippen molar-refractivity contribution in [2.45, 2.75) is 24.2 Å². The van der Waals surface area contributed by atoms with Crippen LogP contribution in [0.5, 0.6) is 0 Å². The predicted octanol–water partition coefficient (Wildman–Crippen LogP) is 6.64. The summed E-state index contributed by atoms with van der Waals surface area (Å²) in [6.07, 6.45) is -17.8. The van der Waals surface area contributed by atoms with Crippen LogP contribution in [0, 0.1) is 8.78 Å². The second-order valence-corrected chi connectivity index (χ2v) is 8.26. The van der Waals surface area contributed by atoms with E-state index in [0.717, 1.165) is 40.9 Å². The van der Waals surface area contributed by atoms with Crippen LogP contribution in [0.25, 0.3) is 10.9 Å². The summed E-state index contributed by atoms with van der Waals surface area (Å²) in [6, 6.07) is 5.60. The molecular weight excluding hydrogens is 617 g/mol. The molecule has 0 aliphatic heterocycles. The minimum Gasteiger partial charge on any atom is -0.618 e. The number of anilines is 1. The fourth-order valence-corrected chi connectivity index (χ4v) is 3.91. The van der Waals surface area contributed by atoms with Gasteiger partial charge in [-0.05, 0) is 52.9 Å². The fourth-order valence-electron chi connectivity index (χ4n) is 3.15. The molecule has 0 saturated carbocycles. The molecule has 0 aliphatic carbocycles. The number of hydrogen-bond acceptors (Lipinski definition) is 2. The number of hydrogen-bond donors (Lipinski definition) is 1. The van der Waals surface area contributed by atoms with Crippen LogP contribution >= 0.6 is 22.6 Å². The van der Waals surface area contributed by atoms with Crippen LogP contribution in [0.1, 0.15) is 21.5 Å². The van der Waals surface area contributed by atoms with Crippen molar-refractivity contribution in [3.63, 3.8) is 0 Å². The number of nitrogens with one attached hydrogen (secondary N) is 1. The Labute approximate surface area is 202 Å². The molecule has 0 spiro atoms. The van der Waals surface area contributed by atoms with E-state index in [1.807, 2.05) is 0 Å². The molecule has 0 fully saturated rings. The molecule has 3 rings (SSSR count). The van der Waals surface area contributed by atoms with Crippen LogP contribution in [-0.2, 0) is 11.8 Å². The van der Waals surface area contributed by atoms with E-state index in [0.29, 0.717) is 10.1 Å². The Bertz CT molecular complexity index is 1290. The maximum absolute atomic E-state index is 14.4. The number of rotatable bonds is 3. The van der Waals surface area contributed by atoms with Gasteiger partial charge in [-0.15, -0.1) is 0 Å². The number of carbonyl (C=O) groups is 1. The summed E-state index contributed by atoms with van der Waals surface area (Å²) < 4.78 is 133. The Hall–Kier alpha value is -2.85. The van der Waals surface area contributed by atoms with E-state index in [1.54, 1.807) is 5.32 Å². The molecule has 15 heteroatoms. The lowest BCUT2D eigenvalue weighted by Gasteiger charge is -2.31. The van der Waals surface area contributed by atoms with Gasteiger partial charge in [-0.25, -0.2) is 4.39 Å². The molecular formula is C20H9F10IN2O2. The lowest BCUT2D eigenvalue weighted by molar-refractivity contribution is -0.577. The van der Waals surface area contributed by atoms with E-state index < -0.39 is 56.6 Å². The summed E-state index contributed by atoms with van der Waals surface area (Å²) in [5.74, 6) is -1.26. The number of fused-ring (bicyclic) bond motifs is 1. The molecule has 188 valence electrons. The molecule has 0 atom stereocenters. The largest absolute Gasteiger partial charge is 0.618 e. The quantitative estimate of drug-likeness (QED) is 0.154. The molecule has 1 aromatic heterocycles. The van der Waals surface area contributed by atoms with E-state index in [9.17, 15) is 53.9 Å².